The Morgan fingerprint density at radius 3 is 2.33 bits per heavy atom. The number of benzene rings is 3. The highest BCUT2D eigenvalue weighted by molar-refractivity contribution is 7.80. The van der Waals surface area contributed by atoms with Crippen LogP contribution in [-0.2, 0) is 11.4 Å². The van der Waals surface area contributed by atoms with Crippen molar-refractivity contribution in [2.75, 3.05) is 25.2 Å². The summed E-state index contributed by atoms with van der Waals surface area (Å²) in [6, 6.07) is 20.5. The maximum Gasteiger partial charge on any atom is 0.281 e. The van der Waals surface area contributed by atoms with E-state index >= 15 is 0 Å². The molecule has 0 unspecified atom stereocenters. The van der Waals surface area contributed by atoms with E-state index in [9.17, 15) is 4.79 Å². The van der Waals surface area contributed by atoms with Gasteiger partial charge in [-0.25, -0.2) is 4.90 Å². The molecular formula is C28H28N2O5S. The van der Waals surface area contributed by atoms with Crippen LogP contribution in [0.5, 0.6) is 23.0 Å². The number of ether oxygens (including phenoxy) is 4. The van der Waals surface area contributed by atoms with Crippen molar-refractivity contribution in [3.8, 4) is 23.0 Å². The molecule has 3 aromatic carbocycles. The van der Waals surface area contributed by atoms with Crippen LogP contribution < -0.4 is 29.2 Å². The molecule has 1 amide bonds. The van der Waals surface area contributed by atoms with Crippen molar-refractivity contribution < 1.29 is 23.7 Å². The second-order valence-corrected chi connectivity index (χ2v) is 8.19. The van der Waals surface area contributed by atoms with Gasteiger partial charge in [-0.1, -0.05) is 30.3 Å². The minimum absolute atomic E-state index is 0.245. The van der Waals surface area contributed by atoms with Crippen LogP contribution in [0.4, 0.5) is 5.69 Å². The van der Waals surface area contributed by atoms with Crippen molar-refractivity contribution >= 4 is 35.0 Å². The summed E-state index contributed by atoms with van der Waals surface area (Å²) in [7, 11) is 1.56. The molecule has 1 N–H and O–H groups in total. The molecule has 0 saturated carbocycles. The van der Waals surface area contributed by atoms with E-state index in [-0.39, 0.29) is 5.91 Å². The number of nitrogens with one attached hydrogen (secondary N) is 1. The van der Waals surface area contributed by atoms with Gasteiger partial charge in [0, 0.05) is 0 Å². The summed E-state index contributed by atoms with van der Waals surface area (Å²) < 4.78 is 22.6. The number of rotatable bonds is 10. The first-order valence-corrected chi connectivity index (χ1v) is 12.1. The molecule has 0 radical (unpaired) electrons. The molecule has 0 aromatic heterocycles. The Bertz CT molecular complexity index is 1270. The fraction of sp³-hybridized carbons (Fsp3) is 0.214. The minimum atomic E-state index is -0.245. The van der Waals surface area contributed by atoms with Crippen LogP contribution >= 0.6 is 12.2 Å². The summed E-state index contributed by atoms with van der Waals surface area (Å²) in [6.07, 6.45) is 1.76. The smallest absolute Gasteiger partial charge is 0.281 e. The third kappa shape index (κ3) is 5.60. The van der Waals surface area contributed by atoms with Gasteiger partial charge in [0.1, 0.15) is 23.8 Å². The molecule has 0 spiro atoms. The fourth-order valence-electron chi connectivity index (χ4n) is 3.75. The SMILES string of the molecule is CCOc1ccc(COc2ccc(/C=C3/NC(=S)N(c4ccccc4OC)C3=O)cc2)cc1OCC. The first kappa shape index (κ1) is 25.1. The highest BCUT2D eigenvalue weighted by atomic mass is 32.1. The quantitative estimate of drug-likeness (QED) is 0.295. The standard InChI is InChI=1S/C28H28N2O5S/c1-4-33-25-15-12-20(17-26(25)34-5-2)18-35-21-13-10-19(11-14-21)16-22-27(31)30(28(36)29-22)23-8-6-7-9-24(23)32-3/h6-17H,4-5,18H2,1-3H3,(H,29,36)/b22-16+. The van der Waals surface area contributed by atoms with E-state index in [4.69, 9.17) is 31.2 Å². The molecule has 7 nitrogen and oxygen atoms in total. The van der Waals surface area contributed by atoms with Crippen molar-refractivity contribution in [3.63, 3.8) is 0 Å². The summed E-state index contributed by atoms with van der Waals surface area (Å²) in [5, 5.41) is 3.31. The molecule has 1 heterocycles. The van der Waals surface area contributed by atoms with E-state index in [0.717, 1.165) is 16.9 Å². The van der Waals surface area contributed by atoms with Crippen molar-refractivity contribution in [2.24, 2.45) is 0 Å². The maximum absolute atomic E-state index is 13.1. The number of carbonyl (C=O) groups is 1. The van der Waals surface area contributed by atoms with Gasteiger partial charge in [0.05, 0.1) is 26.0 Å². The number of amides is 1. The first-order chi connectivity index (χ1) is 17.5. The van der Waals surface area contributed by atoms with Gasteiger partial charge in [-0.3, -0.25) is 4.79 Å². The zero-order valence-corrected chi connectivity index (χ0v) is 21.3. The van der Waals surface area contributed by atoms with Gasteiger partial charge >= 0.3 is 0 Å². The molecule has 1 aliphatic rings. The number of hydrogen-bond donors (Lipinski definition) is 1. The Hall–Kier alpha value is -4.04. The lowest BCUT2D eigenvalue weighted by Gasteiger charge is -2.17. The van der Waals surface area contributed by atoms with Gasteiger partial charge in [-0.15, -0.1) is 0 Å². The number of thiocarbonyl (C=S) groups is 1. The van der Waals surface area contributed by atoms with Crippen LogP contribution in [0.15, 0.2) is 72.4 Å². The zero-order chi connectivity index (χ0) is 25.5. The van der Waals surface area contributed by atoms with Gasteiger partial charge in [-0.2, -0.15) is 0 Å². The van der Waals surface area contributed by atoms with E-state index < -0.39 is 0 Å². The molecule has 0 bridgehead atoms. The van der Waals surface area contributed by atoms with Crippen molar-refractivity contribution in [1.29, 1.82) is 0 Å². The summed E-state index contributed by atoms with van der Waals surface area (Å²) in [4.78, 5) is 14.5. The van der Waals surface area contributed by atoms with E-state index in [1.807, 2.05) is 68.4 Å². The van der Waals surface area contributed by atoms with Crippen molar-refractivity contribution in [3.05, 3.63) is 83.6 Å². The predicted molar refractivity (Wildman–Crippen MR) is 144 cm³/mol. The second-order valence-electron chi connectivity index (χ2n) is 7.81. The fourth-order valence-corrected chi connectivity index (χ4v) is 4.04. The van der Waals surface area contributed by atoms with Gasteiger partial charge in [-0.05, 0) is 79.7 Å². The molecule has 3 aromatic rings. The summed E-state index contributed by atoms with van der Waals surface area (Å²) >= 11 is 5.41. The minimum Gasteiger partial charge on any atom is -0.495 e. The molecule has 0 aliphatic carbocycles. The molecule has 1 aliphatic heterocycles. The number of para-hydroxylation sites is 2. The lowest BCUT2D eigenvalue weighted by atomic mass is 10.1. The molecular weight excluding hydrogens is 476 g/mol. The molecule has 1 fully saturated rings. The first-order valence-electron chi connectivity index (χ1n) is 11.7. The molecule has 186 valence electrons. The number of anilines is 1. The highest BCUT2D eigenvalue weighted by Crippen LogP contribution is 2.32. The van der Waals surface area contributed by atoms with Gasteiger partial charge in [0.25, 0.3) is 5.91 Å². The second kappa shape index (κ2) is 11.6. The van der Waals surface area contributed by atoms with Crippen LogP contribution in [0, 0.1) is 0 Å². The van der Waals surface area contributed by atoms with Crippen LogP contribution in [-0.4, -0.2) is 31.3 Å². The third-order valence-corrected chi connectivity index (χ3v) is 5.69. The third-order valence-electron chi connectivity index (χ3n) is 5.41. The maximum atomic E-state index is 13.1. The van der Waals surface area contributed by atoms with Crippen molar-refractivity contribution in [1.82, 2.24) is 5.32 Å². The molecule has 8 heteroatoms. The van der Waals surface area contributed by atoms with Gasteiger partial charge < -0.3 is 24.3 Å². The van der Waals surface area contributed by atoms with Crippen LogP contribution in [0.3, 0.4) is 0 Å². The summed E-state index contributed by atoms with van der Waals surface area (Å²) in [5.74, 6) is 2.46. The van der Waals surface area contributed by atoms with E-state index in [0.29, 0.717) is 53.6 Å². The Morgan fingerprint density at radius 1 is 0.889 bits per heavy atom. The number of hydrogen-bond acceptors (Lipinski definition) is 6. The predicted octanol–water partition coefficient (Wildman–Crippen LogP) is 5.33. The zero-order valence-electron chi connectivity index (χ0n) is 20.4. The largest absolute Gasteiger partial charge is 0.495 e. The average Bonchev–Trinajstić information content (AvgIpc) is 3.17. The molecule has 36 heavy (non-hydrogen) atoms. The Labute approximate surface area is 216 Å². The molecule has 1 saturated heterocycles. The van der Waals surface area contributed by atoms with E-state index in [2.05, 4.69) is 5.32 Å². The number of nitrogens with zero attached hydrogens (tertiary/aromatic N) is 1. The lowest BCUT2D eigenvalue weighted by Crippen LogP contribution is -2.30. The molecule has 4 rings (SSSR count). The Kier molecular flexibility index (Phi) is 8.07. The summed E-state index contributed by atoms with van der Waals surface area (Å²) in [5.41, 5.74) is 2.79. The normalized spacial score (nSPS) is 14.1. The molecule has 0 atom stereocenters. The monoisotopic (exact) mass is 504 g/mol. The highest BCUT2D eigenvalue weighted by Gasteiger charge is 2.33. The van der Waals surface area contributed by atoms with E-state index in [1.165, 1.54) is 4.90 Å². The lowest BCUT2D eigenvalue weighted by molar-refractivity contribution is -0.113. The van der Waals surface area contributed by atoms with Crippen molar-refractivity contribution in [2.45, 2.75) is 20.5 Å². The Balaban J connectivity index is 1.43. The van der Waals surface area contributed by atoms with Crippen LogP contribution in [0.25, 0.3) is 6.08 Å². The topological polar surface area (TPSA) is 69.3 Å². The number of methoxy groups -OCH3 is 1. The Morgan fingerprint density at radius 2 is 1.61 bits per heavy atom. The van der Waals surface area contributed by atoms with E-state index in [1.54, 1.807) is 25.3 Å². The van der Waals surface area contributed by atoms with Crippen LogP contribution in [0.2, 0.25) is 0 Å². The number of carbonyl (C=O) groups excluding carboxylic acids is 1. The van der Waals surface area contributed by atoms with Gasteiger partial charge in [0.2, 0.25) is 0 Å². The van der Waals surface area contributed by atoms with Gasteiger partial charge in [0.15, 0.2) is 16.6 Å². The average molecular weight is 505 g/mol. The van der Waals surface area contributed by atoms with Crippen LogP contribution in [0.1, 0.15) is 25.0 Å². The summed E-state index contributed by atoms with van der Waals surface area (Å²) in [6.45, 7) is 5.39.